The molecule has 210 valence electrons. The van der Waals surface area contributed by atoms with Gasteiger partial charge in [0.2, 0.25) is 0 Å². The molecule has 0 saturated heterocycles. The quantitative estimate of drug-likeness (QED) is 0.197. The van der Waals surface area contributed by atoms with Crippen LogP contribution in [-0.4, -0.2) is 32.7 Å². The van der Waals surface area contributed by atoms with E-state index in [1.165, 1.54) is 12.1 Å². The molecule has 0 spiro atoms. The number of carbonyl (C=O) groups excluding carboxylic acids is 1. The highest BCUT2D eigenvalue weighted by Gasteiger charge is 2.30. The molecule has 2 N–H and O–H groups in total. The fourth-order valence-corrected chi connectivity index (χ4v) is 4.24. The molecule has 1 atom stereocenters. The molecule has 1 unspecified atom stereocenters. The SMILES string of the molecule is COc1ccc(CNCCC(C)NC(=O)c2ccc3c(Oc4ccc(C(F)(F)F)cc4)cccc3c2)c(OC)c1. The minimum atomic E-state index is -4.41. The summed E-state index contributed by atoms with van der Waals surface area (Å²) in [5, 5.41) is 7.92. The van der Waals surface area contributed by atoms with E-state index in [9.17, 15) is 18.0 Å². The second-order valence-electron chi connectivity index (χ2n) is 9.33. The molecule has 0 saturated carbocycles. The Morgan fingerprint density at radius 3 is 2.33 bits per heavy atom. The molecular formula is C31H31F3N2O4. The summed E-state index contributed by atoms with van der Waals surface area (Å²) in [5.74, 6) is 2.05. The van der Waals surface area contributed by atoms with Gasteiger partial charge in [0, 0.05) is 35.2 Å². The van der Waals surface area contributed by atoms with Gasteiger partial charge in [0.25, 0.3) is 5.91 Å². The number of halogens is 3. The van der Waals surface area contributed by atoms with E-state index >= 15 is 0 Å². The highest BCUT2D eigenvalue weighted by atomic mass is 19.4. The number of hydrogen-bond donors (Lipinski definition) is 2. The molecule has 0 aliphatic heterocycles. The molecule has 0 aromatic heterocycles. The van der Waals surface area contributed by atoms with E-state index in [4.69, 9.17) is 14.2 Å². The summed E-state index contributed by atoms with van der Waals surface area (Å²) in [6.07, 6.45) is -3.68. The van der Waals surface area contributed by atoms with Crippen LogP contribution in [0.15, 0.2) is 78.9 Å². The maximum atomic E-state index is 12.9. The van der Waals surface area contributed by atoms with Crippen molar-refractivity contribution in [3.63, 3.8) is 0 Å². The van der Waals surface area contributed by atoms with E-state index in [2.05, 4.69) is 10.6 Å². The van der Waals surface area contributed by atoms with Crippen molar-refractivity contribution >= 4 is 16.7 Å². The van der Waals surface area contributed by atoms with E-state index in [-0.39, 0.29) is 17.7 Å². The molecule has 0 heterocycles. The topological polar surface area (TPSA) is 68.8 Å². The highest BCUT2D eigenvalue weighted by Crippen LogP contribution is 2.34. The van der Waals surface area contributed by atoms with Gasteiger partial charge in [0.15, 0.2) is 0 Å². The van der Waals surface area contributed by atoms with Crippen LogP contribution in [0.5, 0.6) is 23.0 Å². The number of alkyl halides is 3. The summed E-state index contributed by atoms with van der Waals surface area (Å²) in [4.78, 5) is 12.9. The lowest BCUT2D eigenvalue weighted by molar-refractivity contribution is -0.137. The smallest absolute Gasteiger partial charge is 0.416 e. The van der Waals surface area contributed by atoms with Gasteiger partial charge >= 0.3 is 6.18 Å². The van der Waals surface area contributed by atoms with Crippen LogP contribution in [0.3, 0.4) is 0 Å². The average molecular weight is 553 g/mol. The number of benzene rings is 4. The Labute approximate surface area is 231 Å². The third-order valence-electron chi connectivity index (χ3n) is 6.45. The molecule has 9 heteroatoms. The Bertz CT molecular complexity index is 1460. The Hall–Kier alpha value is -4.24. The van der Waals surface area contributed by atoms with Gasteiger partial charge in [-0.25, -0.2) is 0 Å². The summed E-state index contributed by atoms with van der Waals surface area (Å²) < 4.78 is 55.0. The van der Waals surface area contributed by atoms with Crippen molar-refractivity contribution in [1.82, 2.24) is 10.6 Å². The Morgan fingerprint density at radius 2 is 1.62 bits per heavy atom. The van der Waals surface area contributed by atoms with Crippen molar-refractivity contribution in [2.24, 2.45) is 0 Å². The first-order valence-electron chi connectivity index (χ1n) is 12.8. The van der Waals surface area contributed by atoms with Crippen LogP contribution in [0.4, 0.5) is 13.2 Å². The van der Waals surface area contributed by atoms with E-state index in [0.717, 1.165) is 46.4 Å². The summed E-state index contributed by atoms with van der Waals surface area (Å²) in [6, 6.07) is 20.8. The van der Waals surface area contributed by atoms with E-state index in [0.29, 0.717) is 24.4 Å². The lowest BCUT2D eigenvalue weighted by atomic mass is 10.1. The number of methoxy groups -OCH3 is 2. The number of rotatable bonds is 11. The molecule has 0 aliphatic carbocycles. The van der Waals surface area contributed by atoms with Crippen LogP contribution in [0.1, 0.15) is 34.8 Å². The minimum Gasteiger partial charge on any atom is -0.497 e. The van der Waals surface area contributed by atoms with Crippen LogP contribution < -0.4 is 24.8 Å². The lowest BCUT2D eigenvalue weighted by Gasteiger charge is -2.16. The molecule has 6 nitrogen and oxygen atoms in total. The number of ether oxygens (including phenoxy) is 3. The van der Waals surface area contributed by atoms with E-state index in [1.807, 2.05) is 31.2 Å². The second-order valence-corrected chi connectivity index (χ2v) is 9.33. The van der Waals surface area contributed by atoms with Gasteiger partial charge in [-0.05, 0) is 79.9 Å². The fourth-order valence-electron chi connectivity index (χ4n) is 4.24. The molecule has 4 aromatic rings. The van der Waals surface area contributed by atoms with Crippen molar-refractivity contribution in [1.29, 1.82) is 0 Å². The number of nitrogens with one attached hydrogen (secondary N) is 2. The molecule has 40 heavy (non-hydrogen) atoms. The van der Waals surface area contributed by atoms with Gasteiger partial charge in [-0.2, -0.15) is 13.2 Å². The van der Waals surface area contributed by atoms with Gasteiger partial charge in [-0.3, -0.25) is 4.79 Å². The van der Waals surface area contributed by atoms with E-state index < -0.39 is 11.7 Å². The fraction of sp³-hybridized carbons (Fsp3) is 0.258. The second kappa shape index (κ2) is 12.7. The van der Waals surface area contributed by atoms with Crippen molar-refractivity contribution in [3.8, 4) is 23.0 Å². The van der Waals surface area contributed by atoms with Gasteiger partial charge in [-0.15, -0.1) is 0 Å². The molecule has 0 bridgehead atoms. The van der Waals surface area contributed by atoms with Crippen molar-refractivity contribution in [2.45, 2.75) is 32.1 Å². The number of carbonyl (C=O) groups is 1. The van der Waals surface area contributed by atoms with Crippen molar-refractivity contribution in [2.75, 3.05) is 20.8 Å². The zero-order chi connectivity index (χ0) is 28.7. The summed E-state index contributed by atoms with van der Waals surface area (Å²) in [5.41, 5.74) is 0.774. The molecule has 4 rings (SSSR count). The monoisotopic (exact) mass is 552 g/mol. The third kappa shape index (κ3) is 7.24. The van der Waals surface area contributed by atoms with Crippen LogP contribution in [0.25, 0.3) is 10.8 Å². The highest BCUT2D eigenvalue weighted by molar-refractivity contribution is 6.00. The summed E-state index contributed by atoms with van der Waals surface area (Å²) >= 11 is 0. The predicted molar refractivity (Wildman–Crippen MR) is 148 cm³/mol. The summed E-state index contributed by atoms with van der Waals surface area (Å²) in [6.45, 7) is 3.26. The maximum Gasteiger partial charge on any atom is 0.416 e. The number of hydrogen-bond acceptors (Lipinski definition) is 5. The average Bonchev–Trinajstić information content (AvgIpc) is 2.95. The van der Waals surface area contributed by atoms with Crippen molar-refractivity contribution in [3.05, 3.63) is 95.6 Å². The Morgan fingerprint density at radius 1 is 0.875 bits per heavy atom. The van der Waals surface area contributed by atoms with Crippen LogP contribution >= 0.6 is 0 Å². The zero-order valence-electron chi connectivity index (χ0n) is 22.5. The van der Waals surface area contributed by atoms with Crippen LogP contribution in [0.2, 0.25) is 0 Å². The maximum absolute atomic E-state index is 12.9. The molecule has 1 amide bonds. The molecule has 0 radical (unpaired) electrons. The third-order valence-corrected chi connectivity index (χ3v) is 6.45. The minimum absolute atomic E-state index is 0.0669. The number of amides is 1. The first-order valence-corrected chi connectivity index (χ1v) is 12.8. The standard InChI is InChI=1S/C31H31F3N2O4/c1-20(15-16-35-19-23-7-11-26(38-2)18-29(23)39-3)36-30(37)22-8-14-27-21(17-22)5-4-6-28(27)40-25-12-9-24(10-13-25)31(32,33)34/h4-14,17-18,20,35H,15-16,19H2,1-3H3,(H,36,37). The lowest BCUT2D eigenvalue weighted by Crippen LogP contribution is -2.34. The predicted octanol–water partition coefficient (Wildman–Crippen LogP) is 6.97. The van der Waals surface area contributed by atoms with Crippen molar-refractivity contribution < 1.29 is 32.2 Å². The molecule has 0 fully saturated rings. The molecule has 4 aromatic carbocycles. The van der Waals surface area contributed by atoms with Gasteiger partial charge < -0.3 is 24.8 Å². The van der Waals surface area contributed by atoms with Crippen LogP contribution in [0, 0.1) is 0 Å². The number of fused-ring (bicyclic) bond motifs is 1. The zero-order valence-corrected chi connectivity index (χ0v) is 22.5. The largest absolute Gasteiger partial charge is 0.497 e. The van der Waals surface area contributed by atoms with Gasteiger partial charge in [0.1, 0.15) is 23.0 Å². The van der Waals surface area contributed by atoms with E-state index in [1.54, 1.807) is 44.6 Å². The Kier molecular flexibility index (Phi) is 9.16. The normalized spacial score (nSPS) is 12.2. The van der Waals surface area contributed by atoms with Gasteiger partial charge in [-0.1, -0.05) is 18.2 Å². The van der Waals surface area contributed by atoms with Crippen LogP contribution in [-0.2, 0) is 12.7 Å². The first-order chi connectivity index (χ1) is 19.2. The summed E-state index contributed by atoms with van der Waals surface area (Å²) in [7, 11) is 3.23. The molecular weight excluding hydrogens is 521 g/mol. The first kappa shape index (κ1) is 28.8. The Balaban J connectivity index is 1.32. The van der Waals surface area contributed by atoms with Gasteiger partial charge in [0.05, 0.1) is 19.8 Å². The molecule has 0 aliphatic rings.